The Kier molecular flexibility index (Phi) is 4.52. The number of allylic oxidation sites excluding steroid dienone is 1. The Labute approximate surface area is 120 Å². The lowest BCUT2D eigenvalue weighted by molar-refractivity contribution is 0.373. The lowest BCUT2D eigenvalue weighted by Crippen LogP contribution is -1.96. The Morgan fingerprint density at radius 1 is 1.26 bits per heavy atom. The summed E-state index contributed by atoms with van der Waals surface area (Å²) in [5.74, 6) is 1.14. The Balaban J connectivity index is 2.31. The highest BCUT2D eigenvalue weighted by molar-refractivity contribution is 9.10. The highest BCUT2D eigenvalue weighted by Gasteiger charge is 2.08. The van der Waals surface area contributed by atoms with Crippen LogP contribution in [-0.4, -0.2) is 17.1 Å². The number of rotatable bonds is 4. The molecule has 0 N–H and O–H groups in total. The molecule has 2 rings (SSSR count). The Morgan fingerprint density at radius 3 is 2.79 bits per heavy atom. The molecule has 0 bridgehead atoms. The predicted molar refractivity (Wildman–Crippen MR) is 77.5 cm³/mol. The van der Waals surface area contributed by atoms with E-state index < -0.39 is 0 Å². The molecule has 1 aromatic heterocycles. The van der Waals surface area contributed by atoms with E-state index in [1.807, 2.05) is 43.3 Å². The second-order valence-electron chi connectivity index (χ2n) is 3.65. The van der Waals surface area contributed by atoms with Crippen LogP contribution in [0.25, 0.3) is 6.08 Å². The Bertz CT molecular complexity index is 600. The SMILES string of the molecule is C/C=C/c1ccccc1Oc1ncc(Br)c(OC)n1. The molecule has 0 aliphatic rings. The number of aromatic nitrogens is 2. The maximum absolute atomic E-state index is 5.69. The zero-order valence-corrected chi connectivity index (χ0v) is 12.2. The average molecular weight is 321 g/mol. The summed E-state index contributed by atoms with van der Waals surface area (Å²) in [6.45, 7) is 1.95. The quantitative estimate of drug-likeness (QED) is 0.851. The molecule has 19 heavy (non-hydrogen) atoms. The Hall–Kier alpha value is -1.88. The molecule has 0 saturated heterocycles. The van der Waals surface area contributed by atoms with Crippen molar-refractivity contribution in [2.45, 2.75) is 6.92 Å². The van der Waals surface area contributed by atoms with E-state index in [9.17, 15) is 0 Å². The molecule has 4 nitrogen and oxygen atoms in total. The first-order valence-electron chi connectivity index (χ1n) is 5.70. The van der Waals surface area contributed by atoms with Gasteiger partial charge in [0.1, 0.15) is 5.75 Å². The summed E-state index contributed by atoms with van der Waals surface area (Å²) in [5.41, 5.74) is 0.968. The monoisotopic (exact) mass is 320 g/mol. The van der Waals surface area contributed by atoms with Crippen LogP contribution in [0.5, 0.6) is 17.6 Å². The molecule has 5 heteroatoms. The van der Waals surface area contributed by atoms with Gasteiger partial charge < -0.3 is 9.47 Å². The third-order valence-electron chi connectivity index (χ3n) is 2.35. The van der Waals surface area contributed by atoms with E-state index in [-0.39, 0.29) is 6.01 Å². The van der Waals surface area contributed by atoms with Crippen molar-refractivity contribution in [2.75, 3.05) is 7.11 Å². The molecule has 0 saturated carbocycles. The molecule has 98 valence electrons. The number of para-hydroxylation sites is 1. The second-order valence-corrected chi connectivity index (χ2v) is 4.50. The van der Waals surface area contributed by atoms with Crippen LogP contribution in [0.4, 0.5) is 0 Å². The summed E-state index contributed by atoms with van der Waals surface area (Å²) in [6, 6.07) is 7.93. The molecular weight excluding hydrogens is 308 g/mol. The molecule has 0 aliphatic carbocycles. The van der Waals surface area contributed by atoms with E-state index in [1.54, 1.807) is 13.3 Å². The maximum Gasteiger partial charge on any atom is 0.325 e. The van der Waals surface area contributed by atoms with E-state index in [0.717, 1.165) is 5.56 Å². The normalized spacial score (nSPS) is 10.7. The van der Waals surface area contributed by atoms with Gasteiger partial charge in [-0.2, -0.15) is 4.98 Å². The number of halogens is 1. The molecule has 1 heterocycles. The lowest BCUT2D eigenvalue weighted by Gasteiger charge is -2.08. The van der Waals surface area contributed by atoms with Crippen LogP contribution < -0.4 is 9.47 Å². The van der Waals surface area contributed by atoms with E-state index in [1.165, 1.54) is 0 Å². The molecule has 0 spiro atoms. The van der Waals surface area contributed by atoms with E-state index in [0.29, 0.717) is 16.1 Å². The van der Waals surface area contributed by atoms with Gasteiger partial charge in [0.25, 0.3) is 0 Å². The van der Waals surface area contributed by atoms with Crippen molar-refractivity contribution >= 4 is 22.0 Å². The second kappa shape index (κ2) is 6.33. The standard InChI is InChI=1S/C14H13BrN2O2/c1-3-6-10-7-4-5-8-12(10)19-14-16-9-11(15)13(17-14)18-2/h3-9H,1-2H3/b6-3+. The highest BCUT2D eigenvalue weighted by Crippen LogP contribution is 2.27. The number of nitrogens with zero attached hydrogens (tertiary/aromatic N) is 2. The minimum atomic E-state index is 0.247. The van der Waals surface area contributed by atoms with Gasteiger partial charge in [-0.25, -0.2) is 4.98 Å². The molecule has 0 amide bonds. The average Bonchev–Trinajstić information content (AvgIpc) is 2.43. The smallest absolute Gasteiger partial charge is 0.325 e. The van der Waals surface area contributed by atoms with Gasteiger partial charge in [-0.15, -0.1) is 0 Å². The van der Waals surface area contributed by atoms with Gasteiger partial charge in [0.15, 0.2) is 0 Å². The molecule has 1 aromatic carbocycles. The minimum absolute atomic E-state index is 0.247. The first kappa shape index (κ1) is 13.5. The first-order chi connectivity index (χ1) is 9.24. The van der Waals surface area contributed by atoms with E-state index in [2.05, 4.69) is 25.9 Å². The summed E-state index contributed by atoms with van der Waals surface area (Å²) < 4.78 is 11.5. The summed E-state index contributed by atoms with van der Waals surface area (Å²) >= 11 is 3.30. The van der Waals surface area contributed by atoms with Gasteiger partial charge in [0.05, 0.1) is 17.8 Å². The number of hydrogen-bond acceptors (Lipinski definition) is 4. The molecular formula is C14H13BrN2O2. The maximum atomic E-state index is 5.69. The number of hydrogen-bond donors (Lipinski definition) is 0. The molecule has 0 aliphatic heterocycles. The summed E-state index contributed by atoms with van der Waals surface area (Å²) in [7, 11) is 1.55. The van der Waals surface area contributed by atoms with Gasteiger partial charge >= 0.3 is 6.01 Å². The number of ether oxygens (including phenoxy) is 2. The zero-order chi connectivity index (χ0) is 13.7. The first-order valence-corrected chi connectivity index (χ1v) is 6.50. The van der Waals surface area contributed by atoms with Crippen LogP contribution >= 0.6 is 15.9 Å². The summed E-state index contributed by atoms with van der Waals surface area (Å²) in [4.78, 5) is 8.26. The van der Waals surface area contributed by atoms with Gasteiger partial charge in [0, 0.05) is 5.56 Å². The van der Waals surface area contributed by atoms with Gasteiger partial charge in [0.2, 0.25) is 5.88 Å². The zero-order valence-electron chi connectivity index (χ0n) is 10.6. The molecule has 0 fully saturated rings. The molecule has 0 unspecified atom stereocenters. The fourth-order valence-corrected chi connectivity index (χ4v) is 1.87. The Morgan fingerprint density at radius 2 is 2.05 bits per heavy atom. The van der Waals surface area contributed by atoms with Crippen LogP contribution in [0, 0.1) is 0 Å². The van der Waals surface area contributed by atoms with Crippen molar-refractivity contribution in [2.24, 2.45) is 0 Å². The van der Waals surface area contributed by atoms with Crippen molar-refractivity contribution in [3.63, 3.8) is 0 Å². The third-order valence-corrected chi connectivity index (χ3v) is 2.89. The van der Waals surface area contributed by atoms with Crippen molar-refractivity contribution in [1.82, 2.24) is 9.97 Å². The molecule has 0 radical (unpaired) electrons. The van der Waals surface area contributed by atoms with Crippen LogP contribution in [0.3, 0.4) is 0 Å². The fourth-order valence-electron chi connectivity index (χ4n) is 1.52. The predicted octanol–water partition coefficient (Wildman–Crippen LogP) is 4.07. The minimum Gasteiger partial charge on any atom is -0.480 e. The van der Waals surface area contributed by atoms with Gasteiger partial charge in [-0.3, -0.25) is 0 Å². The number of methoxy groups -OCH3 is 1. The summed E-state index contributed by atoms with van der Waals surface area (Å²) in [5, 5.41) is 0. The number of benzene rings is 1. The molecule has 2 aromatic rings. The molecule has 0 atom stereocenters. The van der Waals surface area contributed by atoms with Crippen molar-refractivity contribution < 1.29 is 9.47 Å². The van der Waals surface area contributed by atoms with Gasteiger partial charge in [-0.1, -0.05) is 30.4 Å². The highest BCUT2D eigenvalue weighted by atomic mass is 79.9. The summed E-state index contributed by atoms with van der Waals surface area (Å²) in [6.07, 6.45) is 5.51. The van der Waals surface area contributed by atoms with Crippen molar-refractivity contribution in [3.8, 4) is 17.6 Å². The van der Waals surface area contributed by atoms with Crippen LogP contribution in [-0.2, 0) is 0 Å². The lowest BCUT2D eigenvalue weighted by atomic mass is 10.2. The third kappa shape index (κ3) is 3.32. The van der Waals surface area contributed by atoms with Crippen molar-refractivity contribution in [3.05, 3.63) is 46.6 Å². The largest absolute Gasteiger partial charge is 0.480 e. The fraction of sp³-hybridized carbons (Fsp3) is 0.143. The van der Waals surface area contributed by atoms with Crippen LogP contribution in [0.1, 0.15) is 12.5 Å². The van der Waals surface area contributed by atoms with Crippen LogP contribution in [0.2, 0.25) is 0 Å². The van der Waals surface area contributed by atoms with E-state index in [4.69, 9.17) is 9.47 Å². The topological polar surface area (TPSA) is 44.2 Å². The van der Waals surface area contributed by atoms with Gasteiger partial charge in [-0.05, 0) is 28.9 Å². The van der Waals surface area contributed by atoms with Crippen molar-refractivity contribution in [1.29, 1.82) is 0 Å². The van der Waals surface area contributed by atoms with Crippen LogP contribution in [0.15, 0.2) is 41.0 Å². The van der Waals surface area contributed by atoms with E-state index >= 15 is 0 Å².